The van der Waals surface area contributed by atoms with Gasteiger partial charge in [0, 0.05) is 31.1 Å². The fourth-order valence-corrected chi connectivity index (χ4v) is 4.65. The third-order valence-corrected chi connectivity index (χ3v) is 6.14. The van der Waals surface area contributed by atoms with Crippen LogP contribution in [0.3, 0.4) is 0 Å². The lowest BCUT2D eigenvalue weighted by Gasteiger charge is -2.36. The van der Waals surface area contributed by atoms with E-state index in [2.05, 4.69) is 10.3 Å². The quantitative estimate of drug-likeness (QED) is 0.811. The van der Waals surface area contributed by atoms with E-state index < -0.39 is 0 Å². The normalized spacial score (nSPS) is 17.6. The number of anilines is 2. The summed E-state index contributed by atoms with van der Waals surface area (Å²) in [5, 5.41) is 3.66. The van der Waals surface area contributed by atoms with E-state index in [1.165, 1.54) is 30.2 Å². The molecule has 2 heterocycles. The number of rotatable bonds is 2. The molecule has 2 aliphatic rings. The molecular weight excluding hydrogens is 351 g/mol. The standard InChI is InChI=1S/C19H23FN4OS/c20-14-6-4-5-8-16(14)23-10-12-24(13-11-23)19(25)22-18-21-15-7-2-1-3-9-17(15)26-18/h4-6,8H,1-3,7,9-13H2,(H,21,22,25). The molecule has 1 aromatic carbocycles. The molecule has 0 spiro atoms. The monoisotopic (exact) mass is 374 g/mol. The van der Waals surface area contributed by atoms with Gasteiger partial charge in [0.15, 0.2) is 5.13 Å². The van der Waals surface area contributed by atoms with Crippen molar-refractivity contribution in [1.82, 2.24) is 9.88 Å². The number of hydrogen-bond acceptors (Lipinski definition) is 4. The fraction of sp³-hybridized carbons (Fsp3) is 0.474. The largest absolute Gasteiger partial charge is 0.366 e. The second-order valence-electron chi connectivity index (χ2n) is 6.81. The number of nitrogens with one attached hydrogen (secondary N) is 1. The number of para-hydroxylation sites is 1. The lowest BCUT2D eigenvalue weighted by Crippen LogP contribution is -2.50. The third-order valence-electron chi connectivity index (χ3n) is 5.07. The van der Waals surface area contributed by atoms with Crippen LogP contribution >= 0.6 is 11.3 Å². The Morgan fingerprint density at radius 1 is 1.08 bits per heavy atom. The Hall–Kier alpha value is -2.15. The van der Waals surface area contributed by atoms with Gasteiger partial charge >= 0.3 is 6.03 Å². The first kappa shape index (κ1) is 17.3. The molecule has 1 aliphatic carbocycles. The number of fused-ring (bicyclic) bond motifs is 1. The average Bonchev–Trinajstić information content (AvgIpc) is 2.90. The van der Waals surface area contributed by atoms with Crippen molar-refractivity contribution in [3.63, 3.8) is 0 Å². The number of benzene rings is 1. The molecule has 0 bridgehead atoms. The molecule has 7 heteroatoms. The van der Waals surface area contributed by atoms with Gasteiger partial charge in [-0.15, -0.1) is 11.3 Å². The number of aromatic nitrogens is 1. The van der Waals surface area contributed by atoms with Crippen LogP contribution in [-0.4, -0.2) is 42.1 Å². The molecule has 26 heavy (non-hydrogen) atoms. The van der Waals surface area contributed by atoms with Crippen molar-refractivity contribution >= 4 is 28.2 Å². The molecule has 0 saturated carbocycles. The summed E-state index contributed by atoms with van der Waals surface area (Å²) >= 11 is 1.61. The van der Waals surface area contributed by atoms with Gasteiger partial charge in [0.2, 0.25) is 0 Å². The molecule has 138 valence electrons. The molecule has 1 N–H and O–H groups in total. The van der Waals surface area contributed by atoms with Crippen molar-refractivity contribution < 1.29 is 9.18 Å². The zero-order valence-electron chi connectivity index (χ0n) is 14.7. The minimum absolute atomic E-state index is 0.109. The predicted octanol–water partition coefficient (Wildman–Crippen LogP) is 3.91. The molecule has 0 radical (unpaired) electrons. The van der Waals surface area contributed by atoms with Crippen LogP contribution in [0.1, 0.15) is 29.8 Å². The smallest absolute Gasteiger partial charge is 0.323 e. The van der Waals surface area contributed by atoms with Gasteiger partial charge in [0.25, 0.3) is 0 Å². The van der Waals surface area contributed by atoms with Gasteiger partial charge in [-0.05, 0) is 37.8 Å². The summed E-state index contributed by atoms with van der Waals surface area (Å²) in [6, 6.07) is 6.68. The summed E-state index contributed by atoms with van der Waals surface area (Å²) in [7, 11) is 0. The maximum Gasteiger partial charge on any atom is 0.323 e. The molecule has 1 aromatic heterocycles. The van der Waals surface area contributed by atoms with Crippen molar-refractivity contribution in [2.75, 3.05) is 36.4 Å². The zero-order chi connectivity index (χ0) is 17.9. The highest BCUT2D eigenvalue weighted by Crippen LogP contribution is 2.29. The maximum absolute atomic E-state index is 13.9. The van der Waals surface area contributed by atoms with Crippen molar-refractivity contribution in [3.8, 4) is 0 Å². The van der Waals surface area contributed by atoms with E-state index in [0.29, 0.717) is 37.0 Å². The van der Waals surface area contributed by atoms with Crippen LogP contribution in [0.4, 0.5) is 20.0 Å². The highest BCUT2D eigenvalue weighted by molar-refractivity contribution is 7.15. The van der Waals surface area contributed by atoms with E-state index in [9.17, 15) is 9.18 Å². The lowest BCUT2D eigenvalue weighted by atomic mass is 10.2. The number of thiazole rings is 1. The number of carbonyl (C=O) groups excluding carboxylic acids is 1. The van der Waals surface area contributed by atoms with E-state index >= 15 is 0 Å². The lowest BCUT2D eigenvalue weighted by molar-refractivity contribution is 0.208. The second kappa shape index (κ2) is 7.61. The first-order chi connectivity index (χ1) is 12.7. The Labute approximate surface area is 156 Å². The molecular formula is C19H23FN4OS. The first-order valence-corrected chi connectivity index (χ1v) is 10.1. The van der Waals surface area contributed by atoms with E-state index in [1.807, 2.05) is 11.0 Å². The molecule has 1 saturated heterocycles. The summed E-state index contributed by atoms with van der Waals surface area (Å²) in [5.41, 5.74) is 1.77. The SMILES string of the molecule is O=C(Nc1nc2c(s1)CCCCC2)N1CCN(c2ccccc2F)CC1. The van der Waals surface area contributed by atoms with Crippen LogP contribution in [0.25, 0.3) is 0 Å². The van der Waals surface area contributed by atoms with Crippen molar-refractivity contribution in [1.29, 1.82) is 0 Å². The van der Waals surface area contributed by atoms with Gasteiger partial charge < -0.3 is 9.80 Å². The number of aryl methyl sites for hydroxylation is 2. The predicted molar refractivity (Wildman–Crippen MR) is 103 cm³/mol. The average molecular weight is 374 g/mol. The van der Waals surface area contributed by atoms with Crippen molar-refractivity contribution in [2.24, 2.45) is 0 Å². The molecule has 4 rings (SSSR count). The Morgan fingerprint density at radius 2 is 1.85 bits per heavy atom. The van der Waals surface area contributed by atoms with Gasteiger partial charge in [0.1, 0.15) is 5.82 Å². The Balaban J connectivity index is 1.35. The number of amides is 2. The van der Waals surface area contributed by atoms with Crippen molar-refractivity contribution in [3.05, 3.63) is 40.7 Å². The van der Waals surface area contributed by atoms with Crippen LogP contribution in [0.2, 0.25) is 0 Å². The highest BCUT2D eigenvalue weighted by atomic mass is 32.1. The van der Waals surface area contributed by atoms with Crippen LogP contribution in [0, 0.1) is 5.82 Å². The minimum atomic E-state index is -0.213. The Kier molecular flexibility index (Phi) is 5.06. The number of nitrogens with zero attached hydrogens (tertiary/aromatic N) is 3. The van der Waals surface area contributed by atoms with Gasteiger partial charge in [-0.25, -0.2) is 14.2 Å². The van der Waals surface area contributed by atoms with Crippen LogP contribution in [0.15, 0.2) is 24.3 Å². The highest BCUT2D eigenvalue weighted by Gasteiger charge is 2.24. The number of carbonyl (C=O) groups is 1. The summed E-state index contributed by atoms with van der Waals surface area (Å²) in [5.74, 6) is -0.213. The third kappa shape index (κ3) is 3.67. The summed E-state index contributed by atoms with van der Waals surface area (Å²) in [4.78, 5) is 22.3. The molecule has 2 amide bonds. The second-order valence-corrected chi connectivity index (χ2v) is 7.89. The Bertz CT molecular complexity index is 762. The van der Waals surface area contributed by atoms with E-state index in [1.54, 1.807) is 28.4 Å². The maximum atomic E-state index is 13.9. The zero-order valence-corrected chi connectivity index (χ0v) is 15.5. The van der Waals surface area contributed by atoms with Gasteiger partial charge in [-0.2, -0.15) is 0 Å². The van der Waals surface area contributed by atoms with Crippen LogP contribution in [-0.2, 0) is 12.8 Å². The van der Waals surface area contributed by atoms with E-state index in [-0.39, 0.29) is 11.8 Å². The molecule has 0 atom stereocenters. The van der Waals surface area contributed by atoms with Crippen LogP contribution < -0.4 is 10.2 Å². The van der Waals surface area contributed by atoms with Crippen molar-refractivity contribution in [2.45, 2.75) is 32.1 Å². The van der Waals surface area contributed by atoms with E-state index in [4.69, 9.17) is 0 Å². The fourth-order valence-electron chi connectivity index (χ4n) is 3.61. The summed E-state index contributed by atoms with van der Waals surface area (Å²) < 4.78 is 13.9. The minimum Gasteiger partial charge on any atom is -0.366 e. The number of piperazine rings is 1. The Morgan fingerprint density at radius 3 is 2.65 bits per heavy atom. The van der Waals surface area contributed by atoms with Gasteiger partial charge in [0.05, 0.1) is 11.4 Å². The van der Waals surface area contributed by atoms with Gasteiger partial charge in [-0.1, -0.05) is 18.6 Å². The number of urea groups is 1. The number of hydrogen-bond donors (Lipinski definition) is 1. The van der Waals surface area contributed by atoms with Gasteiger partial charge in [-0.3, -0.25) is 5.32 Å². The molecule has 5 nitrogen and oxygen atoms in total. The first-order valence-electron chi connectivity index (χ1n) is 9.25. The summed E-state index contributed by atoms with van der Waals surface area (Å²) in [6.07, 6.45) is 5.74. The summed E-state index contributed by atoms with van der Waals surface area (Å²) in [6.45, 7) is 2.40. The molecule has 1 aliphatic heterocycles. The topological polar surface area (TPSA) is 48.5 Å². The molecule has 2 aromatic rings. The number of halogens is 1. The van der Waals surface area contributed by atoms with Crippen LogP contribution in [0.5, 0.6) is 0 Å². The molecule has 1 fully saturated rings. The molecule has 0 unspecified atom stereocenters. The van der Waals surface area contributed by atoms with E-state index in [0.717, 1.165) is 18.5 Å².